The lowest BCUT2D eigenvalue weighted by atomic mass is 10.1. The zero-order valence-corrected chi connectivity index (χ0v) is 8.31. The molecule has 0 aromatic rings. The van der Waals surface area contributed by atoms with Gasteiger partial charge in [-0.2, -0.15) is 0 Å². The Hall–Kier alpha value is -0.110. The quantitative estimate of drug-likeness (QED) is 0.515. The summed E-state index contributed by atoms with van der Waals surface area (Å²) < 4.78 is 18.0. The first-order valence-electron chi connectivity index (χ1n) is 5.03. The van der Waals surface area contributed by atoms with Crippen molar-refractivity contribution in [1.82, 2.24) is 0 Å². The second-order valence-corrected chi connectivity index (χ2v) is 3.08. The van der Waals surface area contributed by atoms with Crippen molar-refractivity contribution < 1.29 is 9.13 Å². The van der Waals surface area contributed by atoms with Gasteiger partial charge in [-0.25, -0.2) is 4.39 Å². The lowest BCUT2D eigenvalue weighted by Gasteiger charge is -2.05. The molecule has 0 aliphatic heterocycles. The van der Waals surface area contributed by atoms with E-state index in [1.807, 2.05) is 13.8 Å². The van der Waals surface area contributed by atoms with Gasteiger partial charge in [-0.05, 0) is 32.6 Å². The number of hydrogen-bond donors (Lipinski definition) is 0. The number of halogens is 1. The van der Waals surface area contributed by atoms with E-state index < -0.39 is 6.17 Å². The predicted octanol–water partition coefficient (Wildman–Crippen LogP) is 3.33. The van der Waals surface area contributed by atoms with Crippen molar-refractivity contribution in [1.29, 1.82) is 0 Å². The van der Waals surface area contributed by atoms with E-state index in [4.69, 9.17) is 4.74 Å². The van der Waals surface area contributed by atoms with Gasteiger partial charge in [0.1, 0.15) is 6.17 Å². The van der Waals surface area contributed by atoms with Gasteiger partial charge in [0.05, 0.1) is 0 Å². The lowest BCUT2D eigenvalue weighted by molar-refractivity contribution is 0.140. The van der Waals surface area contributed by atoms with Crippen molar-refractivity contribution in [2.75, 3.05) is 13.2 Å². The second-order valence-electron chi connectivity index (χ2n) is 3.08. The molecule has 74 valence electrons. The summed E-state index contributed by atoms with van der Waals surface area (Å²) in [6, 6.07) is 0. The maximum absolute atomic E-state index is 12.9. The van der Waals surface area contributed by atoms with E-state index in [-0.39, 0.29) is 0 Å². The van der Waals surface area contributed by atoms with Gasteiger partial charge in [0.25, 0.3) is 0 Å². The second kappa shape index (κ2) is 8.98. The Morgan fingerprint density at radius 2 is 1.92 bits per heavy atom. The van der Waals surface area contributed by atoms with Gasteiger partial charge >= 0.3 is 0 Å². The Balaban J connectivity index is 2.97. The zero-order valence-electron chi connectivity index (χ0n) is 8.31. The molecule has 0 radical (unpaired) electrons. The van der Waals surface area contributed by atoms with E-state index in [1.165, 1.54) is 0 Å². The van der Waals surface area contributed by atoms with Gasteiger partial charge in [-0.1, -0.05) is 13.3 Å². The lowest BCUT2D eigenvalue weighted by Crippen LogP contribution is -2.00. The molecule has 0 aromatic carbocycles. The summed E-state index contributed by atoms with van der Waals surface area (Å²) in [6.07, 6.45) is 3.75. The van der Waals surface area contributed by atoms with Gasteiger partial charge in [0, 0.05) is 13.2 Å². The third-order valence-electron chi connectivity index (χ3n) is 1.86. The Kier molecular flexibility index (Phi) is 8.90. The van der Waals surface area contributed by atoms with Crippen LogP contribution in [-0.4, -0.2) is 19.4 Å². The highest BCUT2D eigenvalue weighted by atomic mass is 19.1. The van der Waals surface area contributed by atoms with Crippen molar-refractivity contribution in [2.24, 2.45) is 0 Å². The first-order chi connectivity index (χ1) is 5.81. The minimum atomic E-state index is -0.586. The van der Waals surface area contributed by atoms with Crippen molar-refractivity contribution in [3.8, 4) is 0 Å². The molecule has 0 aliphatic rings. The summed E-state index contributed by atoms with van der Waals surface area (Å²) in [5, 5.41) is 0. The molecule has 1 unspecified atom stereocenters. The van der Waals surface area contributed by atoms with Crippen LogP contribution in [0.4, 0.5) is 4.39 Å². The Labute approximate surface area is 75.3 Å². The molecule has 0 heterocycles. The van der Waals surface area contributed by atoms with Crippen LogP contribution in [0, 0.1) is 0 Å². The van der Waals surface area contributed by atoms with Crippen LogP contribution in [0.15, 0.2) is 0 Å². The monoisotopic (exact) mass is 176 g/mol. The summed E-state index contributed by atoms with van der Waals surface area (Å²) in [4.78, 5) is 0. The van der Waals surface area contributed by atoms with Crippen LogP contribution in [-0.2, 0) is 4.74 Å². The molecule has 1 nitrogen and oxygen atoms in total. The zero-order chi connectivity index (χ0) is 9.23. The van der Waals surface area contributed by atoms with Crippen LogP contribution in [0.2, 0.25) is 0 Å². The smallest absolute Gasteiger partial charge is 0.100 e. The van der Waals surface area contributed by atoms with Gasteiger partial charge in [-0.3, -0.25) is 0 Å². The number of ether oxygens (including phenoxy) is 1. The molecule has 0 saturated heterocycles. The maximum atomic E-state index is 12.9. The first kappa shape index (κ1) is 11.9. The van der Waals surface area contributed by atoms with Gasteiger partial charge < -0.3 is 4.74 Å². The molecule has 1 atom stereocenters. The highest BCUT2D eigenvalue weighted by molar-refractivity contribution is 4.54. The topological polar surface area (TPSA) is 9.23 Å². The van der Waals surface area contributed by atoms with Crippen LogP contribution in [0.5, 0.6) is 0 Å². The molecular weight excluding hydrogens is 155 g/mol. The van der Waals surface area contributed by atoms with Crippen molar-refractivity contribution in [3.63, 3.8) is 0 Å². The molecular formula is C10H21FO. The van der Waals surface area contributed by atoms with E-state index in [0.29, 0.717) is 12.8 Å². The van der Waals surface area contributed by atoms with Crippen molar-refractivity contribution >= 4 is 0 Å². The van der Waals surface area contributed by atoms with Crippen LogP contribution in [0.25, 0.3) is 0 Å². The fourth-order valence-corrected chi connectivity index (χ4v) is 1.17. The normalized spacial score (nSPS) is 13.2. The predicted molar refractivity (Wildman–Crippen MR) is 50.1 cm³/mol. The molecule has 0 aromatic heterocycles. The van der Waals surface area contributed by atoms with Crippen LogP contribution in [0.3, 0.4) is 0 Å². The Bertz CT molecular complexity index is 85.9. The standard InChI is InChI=1S/C10H21FO/c1-3-7-10(11)8-5-6-9-12-4-2/h10H,3-9H2,1-2H3. The molecule has 12 heavy (non-hydrogen) atoms. The van der Waals surface area contributed by atoms with E-state index in [9.17, 15) is 4.39 Å². The van der Waals surface area contributed by atoms with E-state index in [0.717, 1.165) is 32.5 Å². The van der Waals surface area contributed by atoms with E-state index >= 15 is 0 Å². The molecule has 0 aliphatic carbocycles. The number of alkyl halides is 1. The van der Waals surface area contributed by atoms with Crippen molar-refractivity contribution in [3.05, 3.63) is 0 Å². The molecule has 2 heteroatoms. The molecule has 0 fully saturated rings. The average molecular weight is 176 g/mol. The largest absolute Gasteiger partial charge is 0.382 e. The average Bonchev–Trinajstić information content (AvgIpc) is 2.05. The summed E-state index contributed by atoms with van der Waals surface area (Å²) in [5.41, 5.74) is 0. The third-order valence-corrected chi connectivity index (χ3v) is 1.86. The summed E-state index contributed by atoms with van der Waals surface area (Å²) in [6.45, 7) is 5.56. The fraction of sp³-hybridized carbons (Fsp3) is 1.00. The van der Waals surface area contributed by atoms with Crippen LogP contribution in [0.1, 0.15) is 46.0 Å². The van der Waals surface area contributed by atoms with E-state index in [1.54, 1.807) is 0 Å². The Morgan fingerprint density at radius 1 is 1.17 bits per heavy atom. The first-order valence-corrected chi connectivity index (χ1v) is 5.03. The van der Waals surface area contributed by atoms with Crippen LogP contribution >= 0.6 is 0 Å². The molecule has 0 amide bonds. The van der Waals surface area contributed by atoms with Gasteiger partial charge in [-0.15, -0.1) is 0 Å². The number of rotatable bonds is 8. The van der Waals surface area contributed by atoms with Gasteiger partial charge in [0.2, 0.25) is 0 Å². The minimum absolute atomic E-state index is 0.586. The molecule has 0 bridgehead atoms. The number of unbranched alkanes of at least 4 members (excludes halogenated alkanes) is 1. The molecule has 0 N–H and O–H groups in total. The third kappa shape index (κ3) is 7.99. The highest BCUT2D eigenvalue weighted by Gasteiger charge is 2.03. The molecule has 0 rings (SSSR count). The summed E-state index contributed by atoms with van der Waals surface area (Å²) in [5.74, 6) is 0. The SMILES string of the molecule is CCCC(F)CCCCOCC. The minimum Gasteiger partial charge on any atom is -0.382 e. The fourth-order valence-electron chi connectivity index (χ4n) is 1.17. The molecule has 0 saturated carbocycles. The molecule has 0 spiro atoms. The van der Waals surface area contributed by atoms with Crippen molar-refractivity contribution in [2.45, 2.75) is 52.1 Å². The van der Waals surface area contributed by atoms with Gasteiger partial charge in [0.15, 0.2) is 0 Å². The highest BCUT2D eigenvalue weighted by Crippen LogP contribution is 2.10. The maximum Gasteiger partial charge on any atom is 0.100 e. The summed E-state index contributed by atoms with van der Waals surface area (Å²) in [7, 11) is 0. The number of hydrogen-bond acceptors (Lipinski definition) is 1. The Morgan fingerprint density at radius 3 is 2.50 bits per heavy atom. The summed E-state index contributed by atoms with van der Waals surface area (Å²) >= 11 is 0. The van der Waals surface area contributed by atoms with Crippen LogP contribution < -0.4 is 0 Å². The van der Waals surface area contributed by atoms with E-state index in [2.05, 4.69) is 0 Å².